The molecular weight excluding hydrogens is 366 g/mol. The number of methoxy groups -OCH3 is 2. The molecular formula is C24H31NO4. The summed E-state index contributed by atoms with van der Waals surface area (Å²) in [5.41, 5.74) is 1.76. The average molecular weight is 398 g/mol. The number of amides is 1. The van der Waals surface area contributed by atoms with Crippen LogP contribution in [-0.4, -0.2) is 32.8 Å². The van der Waals surface area contributed by atoms with Gasteiger partial charge in [-0.2, -0.15) is 0 Å². The van der Waals surface area contributed by atoms with Crippen LogP contribution < -0.4 is 19.5 Å². The molecule has 0 heterocycles. The minimum Gasteiger partial charge on any atom is -0.493 e. The van der Waals surface area contributed by atoms with Crippen LogP contribution in [-0.2, 0) is 5.41 Å². The average Bonchev–Trinajstić information content (AvgIpc) is 3.21. The second-order valence-corrected chi connectivity index (χ2v) is 7.93. The zero-order valence-corrected chi connectivity index (χ0v) is 17.8. The van der Waals surface area contributed by atoms with E-state index >= 15 is 0 Å². The first-order valence-electron chi connectivity index (χ1n) is 10.2. The van der Waals surface area contributed by atoms with Crippen molar-refractivity contribution in [3.05, 3.63) is 53.6 Å². The minimum atomic E-state index is -0.0735. The SMILES string of the molecule is COc1ccc(C2(CNC(=O)c3ccc(OC(C)C)cc3)CCCC2)cc1OC. The summed E-state index contributed by atoms with van der Waals surface area (Å²) in [5.74, 6) is 2.16. The summed E-state index contributed by atoms with van der Waals surface area (Å²) >= 11 is 0. The lowest BCUT2D eigenvalue weighted by atomic mass is 9.78. The molecule has 5 nitrogen and oxygen atoms in total. The Balaban J connectivity index is 1.73. The highest BCUT2D eigenvalue weighted by molar-refractivity contribution is 5.94. The molecule has 0 aliphatic heterocycles. The molecule has 1 N–H and O–H groups in total. The number of carbonyl (C=O) groups is 1. The molecule has 156 valence electrons. The zero-order valence-electron chi connectivity index (χ0n) is 17.8. The van der Waals surface area contributed by atoms with Crippen LogP contribution in [0.3, 0.4) is 0 Å². The molecule has 29 heavy (non-hydrogen) atoms. The predicted molar refractivity (Wildman–Crippen MR) is 114 cm³/mol. The van der Waals surface area contributed by atoms with Crippen molar-refractivity contribution in [2.75, 3.05) is 20.8 Å². The zero-order chi connectivity index (χ0) is 20.9. The fourth-order valence-electron chi connectivity index (χ4n) is 4.09. The molecule has 1 fully saturated rings. The third-order valence-electron chi connectivity index (χ3n) is 5.63. The highest BCUT2D eigenvalue weighted by atomic mass is 16.5. The van der Waals surface area contributed by atoms with Crippen molar-refractivity contribution in [1.29, 1.82) is 0 Å². The van der Waals surface area contributed by atoms with E-state index < -0.39 is 0 Å². The fourth-order valence-corrected chi connectivity index (χ4v) is 4.09. The smallest absolute Gasteiger partial charge is 0.251 e. The monoisotopic (exact) mass is 397 g/mol. The lowest BCUT2D eigenvalue weighted by Crippen LogP contribution is -2.39. The molecule has 1 amide bonds. The third kappa shape index (κ3) is 4.84. The summed E-state index contributed by atoms with van der Waals surface area (Å²) in [4.78, 5) is 12.7. The molecule has 0 spiro atoms. The van der Waals surface area contributed by atoms with E-state index in [2.05, 4.69) is 11.4 Å². The van der Waals surface area contributed by atoms with Crippen molar-refractivity contribution in [3.63, 3.8) is 0 Å². The summed E-state index contributed by atoms with van der Waals surface area (Å²) in [5, 5.41) is 3.15. The molecule has 5 heteroatoms. The largest absolute Gasteiger partial charge is 0.493 e. The second-order valence-electron chi connectivity index (χ2n) is 7.93. The molecule has 0 aromatic heterocycles. The Morgan fingerprint density at radius 2 is 1.66 bits per heavy atom. The molecule has 0 saturated heterocycles. The maximum atomic E-state index is 12.7. The molecule has 1 aliphatic carbocycles. The van der Waals surface area contributed by atoms with Crippen LogP contribution in [0.4, 0.5) is 0 Å². The van der Waals surface area contributed by atoms with Gasteiger partial charge in [-0.05, 0) is 68.7 Å². The highest BCUT2D eigenvalue weighted by Gasteiger charge is 2.36. The first-order valence-corrected chi connectivity index (χ1v) is 10.2. The Morgan fingerprint density at radius 3 is 2.24 bits per heavy atom. The molecule has 0 atom stereocenters. The number of benzene rings is 2. The maximum Gasteiger partial charge on any atom is 0.251 e. The van der Waals surface area contributed by atoms with E-state index in [4.69, 9.17) is 14.2 Å². The molecule has 3 rings (SSSR count). The summed E-state index contributed by atoms with van der Waals surface area (Å²) in [7, 11) is 3.29. The van der Waals surface area contributed by atoms with Crippen LogP contribution in [0.1, 0.15) is 55.5 Å². The number of nitrogens with one attached hydrogen (secondary N) is 1. The molecule has 0 unspecified atom stereocenters. The number of rotatable bonds is 8. The van der Waals surface area contributed by atoms with Gasteiger partial charge in [0.25, 0.3) is 5.91 Å². The van der Waals surface area contributed by atoms with Crippen LogP contribution in [0.15, 0.2) is 42.5 Å². The lowest BCUT2D eigenvalue weighted by Gasteiger charge is -2.30. The van der Waals surface area contributed by atoms with Gasteiger partial charge < -0.3 is 19.5 Å². The van der Waals surface area contributed by atoms with Crippen molar-refractivity contribution in [1.82, 2.24) is 5.32 Å². The Bertz CT molecular complexity index is 823. The van der Waals surface area contributed by atoms with E-state index in [0.29, 0.717) is 12.1 Å². The lowest BCUT2D eigenvalue weighted by molar-refractivity contribution is 0.0943. The number of carbonyl (C=O) groups excluding carboxylic acids is 1. The Kier molecular flexibility index (Phi) is 6.68. The van der Waals surface area contributed by atoms with E-state index in [1.54, 1.807) is 14.2 Å². The van der Waals surface area contributed by atoms with E-state index in [1.165, 1.54) is 5.56 Å². The summed E-state index contributed by atoms with van der Waals surface area (Å²) in [6.45, 7) is 4.57. The van der Waals surface area contributed by atoms with Gasteiger partial charge in [0.2, 0.25) is 0 Å². The minimum absolute atomic E-state index is 0.0622. The van der Waals surface area contributed by atoms with E-state index in [0.717, 1.165) is 42.9 Å². The number of hydrogen-bond acceptors (Lipinski definition) is 4. The predicted octanol–water partition coefficient (Wildman–Crippen LogP) is 4.73. The van der Waals surface area contributed by atoms with E-state index in [9.17, 15) is 4.79 Å². The van der Waals surface area contributed by atoms with E-state index in [-0.39, 0.29) is 17.4 Å². The maximum absolute atomic E-state index is 12.7. The quantitative estimate of drug-likeness (QED) is 0.699. The van der Waals surface area contributed by atoms with Crippen molar-refractivity contribution >= 4 is 5.91 Å². The molecule has 2 aromatic rings. The van der Waals surface area contributed by atoms with Gasteiger partial charge in [-0.15, -0.1) is 0 Å². The molecule has 1 aliphatic rings. The number of ether oxygens (including phenoxy) is 3. The van der Waals surface area contributed by atoms with Gasteiger partial charge in [-0.25, -0.2) is 0 Å². The van der Waals surface area contributed by atoms with Crippen molar-refractivity contribution in [2.45, 2.75) is 51.0 Å². The van der Waals surface area contributed by atoms with Gasteiger partial charge in [-0.1, -0.05) is 18.9 Å². The Hall–Kier alpha value is -2.69. The van der Waals surface area contributed by atoms with Crippen LogP contribution >= 0.6 is 0 Å². The highest BCUT2D eigenvalue weighted by Crippen LogP contribution is 2.43. The van der Waals surface area contributed by atoms with Crippen molar-refractivity contribution in [2.24, 2.45) is 0 Å². The topological polar surface area (TPSA) is 56.8 Å². The van der Waals surface area contributed by atoms with Gasteiger partial charge >= 0.3 is 0 Å². The fraction of sp³-hybridized carbons (Fsp3) is 0.458. The van der Waals surface area contributed by atoms with Crippen LogP contribution in [0, 0.1) is 0 Å². The van der Waals surface area contributed by atoms with Crippen LogP contribution in [0.2, 0.25) is 0 Å². The van der Waals surface area contributed by atoms with Crippen LogP contribution in [0.5, 0.6) is 17.2 Å². The van der Waals surface area contributed by atoms with Gasteiger partial charge in [0.1, 0.15) is 5.75 Å². The molecule has 0 radical (unpaired) electrons. The molecule has 0 bridgehead atoms. The van der Waals surface area contributed by atoms with Crippen molar-refractivity contribution in [3.8, 4) is 17.2 Å². The van der Waals surface area contributed by atoms with Crippen LogP contribution in [0.25, 0.3) is 0 Å². The second kappa shape index (κ2) is 9.21. The molecule has 2 aromatic carbocycles. The van der Waals surface area contributed by atoms with Gasteiger partial charge in [0, 0.05) is 17.5 Å². The molecule has 1 saturated carbocycles. The first-order chi connectivity index (χ1) is 14.0. The van der Waals surface area contributed by atoms with E-state index in [1.807, 2.05) is 50.2 Å². The first kappa shape index (κ1) is 21.0. The Labute approximate surface area is 173 Å². The number of hydrogen-bond donors (Lipinski definition) is 1. The van der Waals surface area contributed by atoms with Gasteiger partial charge in [0.15, 0.2) is 11.5 Å². The summed E-state index contributed by atoms with van der Waals surface area (Å²) in [6.07, 6.45) is 4.52. The van der Waals surface area contributed by atoms with Gasteiger partial charge in [-0.3, -0.25) is 4.79 Å². The summed E-state index contributed by atoms with van der Waals surface area (Å²) in [6, 6.07) is 13.4. The standard InChI is InChI=1S/C24H31NO4/c1-17(2)29-20-10-7-18(8-11-20)23(26)25-16-24(13-5-6-14-24)19-9-12-21(27-3)22(15-19)28-4/h7-12,15,17H,5-6,13-14,16H2,1-4H3,(H,25,26). The van der Waals surface area contributed by atoms with Crippen molar-refractivity contribution < 1.29 is 19.0 Å². The Morgan fingerprint density at radius 1 is 1.00 bits per heavy atom. The third-order valence-corrected chi connectivity index (χ3v) is 5.63. The normalized spacial score (nSPS) is 15.2. The summed E-state index contributed by atoms with van der Waals surface area (Å²) < 4.78 is 16.5. The van der Waals surface area contributed by atoms with Gasteiger partial charge in [0.05, 0.1) is 20.3 Å².